The normalized spacial score (nSPS) is 10.5. The van der Waals surface area contributed by atoms with E-state index in [-0.39, 0.29) is 5.97 Å². The molecule has 0 bridgehead atoms. The SMILES string of the molecule is COC(=O)c1cccc2cc(CBr)oc12. The second kappa shape index (κ2) is 4.06. The summed E-state index contributed by atoms with van der Waals surface area (Å²) in [7, 11) is 1.36. The van der Waals surface area contributed by atoms with Crippen LogP contribution in [-0.2, 0) is 10.1 Å². The fourth-order valence-corrected chi connectivity index (χ4v) is 1.73. The van der Waals surface area contributed by atoms with Crippen molar-refractivity contribution < 1.29 is 13.9 Å². The van der Waals surface area contributed by atoms with Gasteiger partial charge in [0.15, 0.2) is 0 Å². The lowest BCUT2D eigenvalue weighted by atomic mass is 10.1. The van der Waals surface area contributed by atoms with Gasteiger partial charge in [-0.05, 0) is 12.1 Å². The van der Waals surface area contributed by atoms with Crippen LogP contribution in [0.15, 0.2) is 28.7 Å². The van der Waals surface area contributed by atoms with Crippen LogP contribution >= 0.6 is 15.9 Å². The summed E-state index contributed by atoms with van der Waals surface area (Å²) in [6.07, 6.45) is 0. The van der Waals surface area contributed by atoms with Gasteiger partial charge in [-0.3, -0.25) is 0 Å². The number of hydrogen-bond donors (Lipinski definition) is 0. The molecule has 78 valence electrons. The molecule has 3 nitrogen and oxygen atoms in total. The number of fused-ring (bicyclic) bond motifs is 1. The highest BCUT2D eigenvalue weighted by molar-refractivity contribution is 9.08. The summed E-state index contributed by atoms with van der Waals surface area (Å²) in [6.45, 7) is 0. The second-order valence-corrected chi connectivity index (χ2v) is 3.62. The summed E-state index contributed by atoms with van der Waals surface area (Å²) < 4.78 is 10.2. The highest BCUT2D eigenvalue weighted by Gasteiger charge is 2.13. The number of halogens is 1. The monoisotopic (exact) mass is 268 g/mol. The van der Waals surface area contributed by atoms with Gasteiger partial charge in [0.25, 0.3) is 0 Å². The Hall–Kier alpha value is -1.29. The maximum Gasteiger partial charge on any atom is 0.341 e. The topological polar surface area (TPSA) is 39.4 Å². The molecule has 0 atom stereocenters. The van der Waals surface area contributed by atoms with Crippen molar-refractivity contribution >= 4 is 32.9 Å². The van der Waals surface area contributed by atoms with Crippen LogP contribution in [0.1, 0.15) is 16.1 Å². The third-order valence-corrected chi connectivity index (χ3v) is 2.68. The van der Waals surface area contributed by atoms with Crippen LogP contribution in [0.4, 0.5) is 0 Å². The number of carbonyl (C=O) groups excluding carboxylic acids is 1. The van der Waals surface area contributed by atoms with Gasteiger partial charge in [0.05, 0.1) is 12.4 Å². The van der Waals surface area contributed by atoms with Gasteiger partial charge in [-0.25, -0.2) is 4.79 Å². The van der Waals surface area contributed by atoms with Crippen LogP contribution in [-0.4, -0.2) is 13.1 Å². The molecule has 0 aliphatic carbocycles. The van der Waals surface area contributed by atoms with Gasteiger partial charge in [0.1, 0.15) is 16.9 Å². The molecule has 1 aromatic heterocycles. The first-order chi connectivity index (χ1) is 7.26. The minimum Gasteiger partial charge on any atom is -0.465 e. The average molecular weight is 269 g/mol. The van der Waals surface area contributed by atoms with Gasteiger partial charge in [0.2, 0.25) is 0 Å². The van der Waals surface area contributed by atoms with E-state index in [2.05, 4.69) is 20.7 Å². The van der Waals surface area contributed by atoms with Gasteiger partial charge < -0.3 is 9.15 Å². The van der Waals surface area contributed by atoms with Crippen molar-refractivity contribution in [2.75, 3.05) is 7.11 Å². The Bertz CT molecular complexity index is 502. The average Bonchev–Trinajstić information content (AvgIpc) is 2.70. The number of methoxy groups -OCH3 is 1. The minimum atomic E-state index is -0.379. The van der Waals surface area contributed by atoms with Crippen LogP contribution in [0, 0.1) is 0 Å². The molecule has 2 rings (SSSR count). The Morgan fingerprint density at radius 1 is 1.53 bits per heavy atom. The fourth-order valence-electron chi connectivity index (χ4n) is 1.45. The molecule has 0 aliphatic rings. The predicted octanol–water partition coefficient (Wildman–Crippen LogP) is 3.11. The molecule has 0 unspecified atom stereocenters. The molecule has 1 heterocycles. The Labute approximate surface area is 95.1 Å². The number of ether oxygens (including phenoxy) is 1. The lowest BCUT2D eigenvalue weighted by molar-refractivity contribution is 0.0601. The summed E-state index contributed by atoms with van der Waals surface area (Å²) in [5.41, 5.74) is 1.04. The first-order valence-corrected chi connectivity index (χ1v) is 5.54. The van der Waals surface area contributed by atoms with Crippen LogP contribution in [0.25, 0.3) is 11.0 Å². The van der Waals surface area contributed by atoms with Crippen LogP contribution in [0.3, 0.4) is 0 Å². The molecular formula is C11H9BrO3. The molecule has 2 aromatic rings. The molecule has 4 heteroatoms. The van der Waals surface area contributed by atoms with E-state index in [9.17, 15) is 4.79 Å². The van der Waals surface area contributed by atoms with E-state index in [1.807, 2.05) is 18.2 Å². The van der Waals surface area contributed by atoms with E-state index in [1.54, 1.807) is 6.07 Å². The summed E-state index contributed by atoms with van der Waals surface area (Å²) in [4.78, 5) is 11.4. The van der Waals surface area contributed by atoms with Crippen LogP contribution in [0.2, 0.25) is 0 Å². The molecule has 0 aliphatic heterocycles. The number of benzene rings is 1. The van der Waals surface area contributed by atoms with Gasteiger partial charge in [0, 0.05) is 5.39 Å². The zero-order valence-electron chi connectivity index (χ0n) is 8.12. The maximum atomic E-state index is 11.4. The summed E-state index contributed by atoms with van der Waals surface area (Å²) in [5, 5.41) is 1.54. The number of esters is 1. The quantitative estimate of drug-likeness (QED) is 0.621. The molecule has 0 N–H and O–H groups in total. The molecule has 0 radical (unpaired) electrons. The van der Waals surface area contributed by atoms with E-state index in [4.69, 9.17) is 4.42 Å². The Balaban J connectivity index is 2.64. The molecule has 0 fully saturated rings. The van der Waals surface area contributed by atoms with Crippen LogP contribution in [0.5, 0.6) is 0 Å². The predicted molar refractivity (Wildman–Crippen MR) is 60.2 cm³/mol. The highest BCUT2D eigenvalue weighted by atomic mass is 79.9. The summed E-state index contributed by atoms with van der Waals surface area (Å²) >= 11 is 3.30. The van der Waals surface area contributed by atoms with Crippen molar-refractivity contribution in [3.05, 3.63) is 35.6 Å². The van der Waals surface area contributed by atoms with E-state index in [1.165, 1.54) is 7.11 Å². The van der Waals surface area contributed by atoms with E-state index in [0.717, 1.165) is 11.1 Å². The standard InChI is InChI=1S/C11H9BrO3/c1-14-11(13)9-4-2-3-7-5-8(6-12)15-10(7)9/h2-5H,6H2,1H3. The summed E-state index contributed by atoms with van der Waals surface area (Å²) in [5.74, 6) is 0.414. The number of furan rings is 1. The molecule has 15 heavy (non-hydrogen) atoms. The minimum absolute atomic E-state index is 0.379. The lowest BCUT2D eigenvalue weighted by Crippen LogP contribution is -2.00. The van der Waals surface area contributed by atoms with Gasteiger partial charge in [-0.2, -0.15) is 0 Å². The first-order valence-electron chi connectivity index (χ1n) is 4.42. The van der Waals surface area contributed by atoms with Gasteiger partial charge in [-0.1, -0.05) is 28.1 Å². The van der Waals surface area contributed by atoms with Crippen molar-refractivity contribution in [1.29, 1.82) is 0 Å². The van der Waals surface area contributed by atoms with Crippen molar-refractivity contribution in [3.63, 3.8) is 0 Å². The molecule has 0 saturated carbocycles. The zero-order valence-corrected chi connectivity index (χ0v) is 9.71. The van der Waals surface area contributed by atoms with E-state index >= 15 is 0 Å². The van der Waals surface area contributed by atoms with Crippen molar-refractivity contribution in [2.24, 2.45) is 0 Å². The Kier molecular flexibility index (Phi) is 2.77. The van der Waals surface area contributed by atoms with Crippen LogP contribution < -0.4 is 0 Å². The number of carbonyl (C=O) groups is 1. The Morgan fingerprint density at radius 3 is 3.00 bits per heavy atom. The van der Waals surface area contributed by atoms with Crippen molar-refractivity contribution in [1.82, 2.24) is 0 Å². The zero-order chi connectivity index (χ0) is 10.8. The Morgan fingerprint density at radius 2 is 2.33 bits per heavy atom. The fraction of sp³-hybridized carbons (Fsp3) is 0.182. The van der Waals surface area contributed by atoms with E-state index in [0.29, 0.717) is 16.5 Å². The molecular weight excluding hydrogens is 260 g/mol. The summed E-state index contributed by atoms with van der Waals surface area (Å²) in [6, 6.07) is 7.30. The molecule has 0 saturated heterocycles. The molecule has 1 aromatic carbocycles. The number of alkyl halides is 1. The third kappa shape index (κ3) is 1.77. The first kappa shape index (κ1) is 10.2. The maximum absolute atomic E-state index is 11.4. The third-order valence-electron chi connectivity index (χ3n) is 2.13. The molecule has 0 spiro atoms. The lowest BCUT2D eigenvalue weighted by Gasteiger charge is -1.98. The largest absolute Gasteiger partial charge is 0.465 e. The molecule has 0 amide bonds. The van der Waals surface area contributed by atoms with Crippen molar-refractivity contribution in [2.45, 2.75) is 5.33 Å². The smallest absolute Gasteiger partial charge is 0.341 e. The van der Waals surface area contributed by atoms with Gasteiger partial charge >= 0.3 is 5.97 Å². The number of para-hydroxylation sites is 1. The number of hydrogen-bond acceptors (Lipinski definition) is 3. The van der Waals surface area contributed by atoms with Crippen molar-refractivity contribution in [3.8, 4) is 0 Å². The van der Waals surface area contributed by atoms with Gasteiger partial charge in [-0.15, -0.1) is 0 Å². The van der Waals surface area contributed by atoms with E-state index < -0.39 is 0 Å². The highest BCUT2D eigenvalue weighted by Crippen LogP contribution is 2.24. The number of rotatable bonds is 2. The second-order valence-electron chi connectivity index (χ2n) is 3.06.